The van der Waals surface area contributed by atoms with E-state index in [-0.39, 0.29) is 0 Å². The lowest BCUT2D eigenvalue weighted by molar-refractivity contribution is 0.677. The van der Waals surface area contributed by atoms with Crippen LogP contribution in [-0.2, 0) is 9.73 Å². The van der Waals surface area contributed by atoms with Gasteiger partial charge >= 0.3 is 0 Å². The Morgan fingerprint density at radius 1 is 1.31 bits per heavy atom. The second kappa shape index (κ2) is 3.92. The molecule has 0 spiro atoms. The van der Waals surface area contributed by atoms with Crippen LogP contribution in [0.25, 0.3) is 0 Å². The van der Waals surface area contributed by atoms with E-state index in [9.17, 15) is 4.21 Å². The fourth-order valence-corrected chi connectivity index (χ4v) is 2.52. The molecule has 0 N–H and O–H groups in total. The Morgan fingerprint density at radius 3 is 2.23 bits per heavy atom. The van der Waals surface area contributed by atoms with Gasteiger partial charge in [0.05, 0.1) is 9.73 Å². The van der Waals surface area contributed by atoms with Gasteiger partial charge in [0.15, 0.2) is 0 Å². The van der Waals surface area contributed by atoms with E-state index in [0.29, 0.717) is 5.75 Å². The Morgan fingerprint density at radius 2 is 1.85 bits per heavy atom. The van der Waals surface area contributed by atoms with E-state index in [0.717, 1.165) is 4.90 Å². The summed E-state index contributed by atoms with van der Waals surface area (Å²) in [6.07, 6.45) is 0. The molecule has 0 radical (unpaired) electrons. The average molecular weight is 197 g/mol. The number of benzene rings is 1. The zero-order valence-corrected chi connectivity index (χ0v) is 9.10. The summed E-state index contributed by atoms with van der Waals surface area (Å²) in [4.78, 5) is 0.836. The lowest BCUT2D eigenvalue weighted by atomic mass is 10.2. The molecule has 0 aliphatic carbocycles. The van der Waals surface area contributed by atoms with Crippen molar-refractivity contribution < 1.29 is 4.21 Å². The van der Waals surface area contributed by atoms with Gasteiger partial charge in [-0.1, -0.05) is 24.6 Å². The van der Waals surface area contributed by atoms with E-state index < -0.39 is 9.73 Å². The molecule has 72 valence electrons. The van der Waals surface area contributed by atoms with Crippen molar-refractivity contribution in [1.82, 2.24) is 0 Å². The van der Waals surface area contributed by atoms with Gasteiger partial charge in [-0.25, -0.2) is 8.57 Å². The fourth-order valence-electron chi connectivity index (χ4n) is 1.15. The summed E-state index contributed by atoms with van der Waals surface area (Å²) in [6.45, 7) is 3.91. The van der Waals surface area contributed by atoms with Crippen LogP contribution in [0.2, 0.25) is 0 Å². The summed E-state index contributed by atoms with van der Waals surface area (Å²) in [7, 11) is -0.519. The van der Waals surface area contributed by atoms with Gasteiger partial charge in [0.25, 0.3) is 0 Å². The number of nitrogens with zero attached hydrogens (tertiary/aromatic N) is 1. The van der Waals surface area contributed by atoms with Crippen LogP contribution in [0.1, 0.15) is 12.5 Å². The Kier molecular flexibility index (Phi) is 3.09. The predicted molar refractivity (Wildman–Crippen MR) is 56.5 cm³/mol. The zero-order chi connectivity index (χ0) is 9.90. The van der Waals surface area contributed by atoms with Gasteiger partial charge in [0, 0.05) is 17.7 Å². The third-order valence-electron chi connectivity index (χ3n) is 2.08. The molecule has 0 heterocycles. The summed E-state index contributed by atoms with van der Waals surface area (Å²) >= 11 is 0. The van der Waals surface area contributed by atoms with Crippen LogP contribution in [0, 0.1) is 6.92 Å². The monoisotopic (exact) mass is 197 g/mol. The van der Waals surface area contributed by atoms with Crippen LogP contribution >= 0.6 is 0 Å². The molecular weight excluding hydrogens is 182 g/mol. The third-order valence-corrected chi connectivity index (χ3v) is 4.46. The number of aryl methyl sites for hydroxylation is 1. The van der Waals surface area contributed by atoms with Crippen molar-refractivity contribution in [2.45, 2.75) is 18.7 Å². The molecule has 1 aromatic carbocycles. The summed E-state index contributed by atoms with van der Waals surface area (Å²) in [6, 6.07) is 7.73. The summed E-state index contributed by atoms with van der Waals surface area (Å²) < 4.78 is 16.0. The molecule has 1 atom stereocenters. The molecule has 0 aromatic heterocycles. The van der Waals surface area contributed by atoms with Crippen molar-refractivity contribution >= 4 is 9.73 Å². The highest BCUT2D eigenvalue weighted by Crippen LogP contribution is 2.13. The topological polar surface area (TPSA) is 29.4 Å². The molecular formula is C10H15NOS. The minimum absolute atomic E-state index is 0.576. The first-order chi connectivity index (χ1) is 6.12. The molecule has 2 nitrogen and oxygen atoms in total. The summed E-state index contributed by atoms with van der Waals surface area (Å²) in [5, 5.41) is 0. The highest BCUT2D eigenvalue weighted by Gasteiger charge is 2.07. The quantitative estimate of drug-likeness (QED) is 0.716. The smallest absolute Gasteiger partial charge is 0.0746 e. The van der Waals surface area contributed by atoms with Crippen molar-refractivity contribution in [2.24, 2.45) is 4.36 Å². The van der Waals surface area contributed by atoms with Crippen molar-refractivity contribution in [2.75, 3.05) is 12.8 Å². The summed E-state index contributed by atoms with van der Waals surface area (Å²) in [5.74, 6) is 0.576. The highest BCUT2D eigenvalue weighted by atomic mass is 32.2. The SMILES string of the molecule is CCS(=O)(=NC)c1ccc(C)cc1. The van der Waals surface area contributed by atoms with Crippen LogP contribution < -0.4 is 0 Å². The number of hydrogen-bond donors (Lipinski definition) is 0. The second-order valence-corrected chi connectivity index (χ2v) is 5.62. The highest BCUT2D eigenvalue weighted by molar-refractivity contribution is 7.93. The zero-order valence-electron chi connectivity index (χ0n) is 8.28. The third kappa shape index (κ3) is 2.10. The first kappa shape index (κ1) is 10.3. The molecule has 1 rings (SSSR count). The maximum atomic E-state index is 12.1. The lowest BCUT2D eigenvalue weighted by Crippen LogP contribution is -2.03. The number of rotatable bonds is 2. The fraction of sp³-hybridized carbons (Fsp3) is 0.400. The van der Waals surface area contributed by atoms with E-state index >= 15 is 0 Å². The van der Waals surface area contributed by atoms with Gasteiger partial charge in [-0.05, 0) is 19.1 Å². The molecule has 1 unspecified atom stereocenters. The van der Waals surface area contributed by atoms with E-state index in [2.05, 4.69) is 4.36 Å². The van der Waals surface area contributed by atoms with E-state index in [1.807, 2.05) is 38.1 Å². The van der Waals surface area contributed by atoms with Gasteiger partial charge in [-0.3, -0.25) is 0 Å². The van der Waals surface area contributed by atoms with Crippen molar-refractivity contribution in [1.29, 1.82) is 0 Å². The Labute approximate surface area is 80.2 Å². The van der Waals surface area contributed by atoms with Crippen molar-refractivity contribution in [3.8, 4) is 0 Å². The molecule has 0 bridgehead atoms. The van der Waals surface area contributed by atoms with E-state index in [1.54, 1.807) is 7.05 Å². The molecule has 0 saturated heterocycles. The molecule has 3 heteroatoms. The standard InChI is InChI=1S/C10H15NOS/c1-4-13(12,11-3)10-7-5-9(2)6-8-10/h5-8H,4H2,1-3H3. The Balaban J connectivity index is 3.23. The molecule has 13 heavy (non-hydrogen) atoms. The molecule has 1 aromatic rings. The van der Waals surface area contributed by atoms with Gasteiger partial charge in [0.1, 0.15) is 0 Å². The Hall–Kier alpha value is -0.830. The first-order valence-corrected chi connectivity index (χ1v) is 6.00. The molecule has 0 aliphatic heterocycles. The average Bonchev–Trinajstić information content (AvgIpc) is 2.18. The lowest BCUT2D eigenvalue weighted by Gasteiger charge is -2.06. The molecule has 0 saturated carbocycles. The van der Waals surface area contributed by atoms with Gasteiger partial charge < -0.3 is 0 Å². The summed E-state index contributed by atoms with van der Waals surface area (Å²) in [5.41, 5.74) is 1.18. The van der Waals surface area contributed by atoms with Crippen molar-refractivity contribution in [3.05, 3.63) is 29.8 Å². The van der Waals surface area contributed by atoms with Crippen LogP contribution in [0.3, 0.4) is 0 Å². The van der Waals surface area contributed by atoms with Crippen LogP contribution in [0.5, 0.6) is 0 Å². The minimum Gasteiger partial charge on any atom is -0.245 e. The van der Waals surface area contributed by atoms with Gasteiger partial charge in [-0.15, -0.1) is 0 Å². The van der Waals surface area contributed by atoms with Crippen LogP contribution in [0.15, 0.2) is 33.5 Å². The predicted octanol–water partition coefficient (Wildman–Crippen LogP) is 2.47. The Bertz CT molecular complexity index is 386. The van der Waals surface area contributed by atoms with Crippen molar-refractivity contribution in [3.63, 3.8) is 0 Å². The normalized spacial score (nSPS) is 15.0. The van der Waals surface area contributed by atoms with Crippen LogP contribution in [-0.4, -0.2) is 17.0 Å². The molecule has 0 aliphatic rings. The number of hydrogen-bond acceptors (Lipinski definition) is 2. The van der Waals surface area contributed by atoms with Gasteiger partial charge in [-0.2, -0.15) is 0 Å². The first-order valence-electron chi connectivity index (χ1n) is 4.32. The molecule has 0 fully saturated rings. The maximum Gasteiger partial charge on any atom is 0.0746 e. The largest absolute Gasteiger partial charge is 0.245 e. The van der Waals surface area contributed by atoms with E-state index in [4.69, 9.17) is 0 Å². The van der Waals surface area contributed by atoms with E-state index in [1.165, 1.54) is 5.56 Å². The second-order valence-electron chi connectivity index (χ2n) is 2.92. The minimum atomic E-state index is -2.14. The van der Waals surface area contributed by atoms with Crippen LogP contribution in [0.4, 0.5) is 0 Å². The maximum absolute atomic E-state index is 12.1. The van der Waals surface area contributed by atoms with Gasteiger partial charge in [0.2, 0.25) is 0 Å². The molecule has 0 amide bonds.